The summed E-state index contributed by atoms with van der Waals surface area (Å²) in [5.74, 6) is -0.870. The average molecular weight is 211 g/mol. The third-order valence-electron chi connectivity index (χ3n) is 3.41. The van der Waals surface area contributed by atoms with Crippen molar-refractivity contribution in [2.45, 2.75) is 24.8 Å². The highest BCUT2D eigenvalue weighted by molar-refractivity contribution is 5.79. The molecule has 1 unspecified atom stereocenters. The molecule has 0 bridgehead atoms. The number of hydrogen-bond donors (Lipinski definition) is 1. The molecule has 0 aromatic rings. The maximum atomic E-state index is 10.4. The first-order valence-corrected chi connectivity index (χ1v) is 5.45. The van der Waals surface area contributed by atoms with Gasteiger partial charge in [0.15, 0.2) is 0 Å². The highest BCUT2D eigenvalue weighted by atomic mass is 16.5. The summed E-state index contributed by atoms with van der Waals surface area (Å²) in [6, 6.07) is 0. The van der Waals surface area contributed by atoms with E-state index in [1.165, 1.54) is 18.9 Å². The van der Waals surface area contributed by atoms with E-state index in [1.807, 2.05) is 0 Å². The molecule has 4 nitrogen and oxygen atoms in total. The summed E-state index contributed by atoms with van der Waals surface area (Å²) < 4.78 is 5.46. The Morgan fingerprint density at radius 2 is 2.40 bits per heavy atom. The van der Waals surface area contributed by atoms with E-state index in [2.05, 4.69) is 4.90 Å². The minimum absolute atomic E-state index is 0.211. The number of hydrogen-bond acceptors (Lipinski definition) is 3. The second-order valence-corrected chi connectivity index (χ2v) is 4.32. The lowest BCUT2D eigenvalue weighted by Crippen LogP contribution is -2.44. The van der Waals surface area contributed by atoms with Crippen molar-refractivity contribution < 1.29 is 14.6 Å². The zero-order valence-electron chi connectivity index (χ0n) is 8.82. The summed E-state index contributed by atoms with van der Waals surface area (Å²) in [5, 5.41) is 8.51. The van der Waals surface area contributed by atoms with Gasteiger partial charge in [-0.25, -0.2) is 4.79 Å². The summed E-state index contributed by atoms with van der Waals surface area (Å²) >= 11 is 0. The lowest BCUT2D eigenvalue weighted by atomic mass is 9.95. The number of aliphatic carboxylic acids is 1. The minimum atomic E-state index is -0.870. The Bertz CT molecular complexity index is 263. The number of likely N-dealkylation sites (tertiary alicyclic amines) is 1. The molecule has 2 aliphatic heterocycles. The third-order valence-corrected chi connectivity index (χ3v) is 3.41. The molecule has 2 saturated heterocycles. The van der Waals surface area contributed by atoms with E-state index in [4.69, 9.17) is 9.84 Å². The van der Waals surface area contributed by atoms with E-state index in [-0.39, 0.29) is 5.54 Å². The van der Waals surface area contributed by atoms with Gasteiger partial charge in [-0.1, -0.05) is 6.08 Å². The number of carbonyl (C=O) groups is 1. The molecular formula is C11H17NO3. The SMILES string of the molecule is O=C(O)/C=C/CN1CCCC12CCOC2. The molecule has 0 radical (unpaired) electrons. The molecule has 1 N–H and O–H groups in total. The van der Waals surface area contributed by atoms with Crippen LogP contribution in [0.15, 0.2) is 12.2 Å². The van der Waals surface area contributed by atoms with Crippen LogP contribution in [0.4, 0.5) is 0 Å². The summed E-state index contributed by atoms with van der Waals surface area (Å²) in [7, 11) is 0. The minimum Gasteiger partial charge on any atom is -0.478 e. The standard InChI is InChI=1S/C11H17NO3/c13-10(14)3-1-6-12-7-2-4-11(12)5-8-15-9-11/h1,3H,2,4-9H2,(H,13,14)/b3-1+. The van der Waals surface area contributed by atoms with Crippen molar-refractivity contribution in [2.24, 2.45) is 0 Å². The maximum absolute atomic E-state index is 10.4. The first-order chi connectivity index (χ1) is 7.23. The fourth-order valence-corrected chi connectivity index (χ4v) is 2.60. The van der Waals surface area contributed by atoms with Gasteiger partial charge >= 0.3 is 5.97 Å². The van der Waals surface area contributed by atoms with Crippen LogP contribution in [0.5, 0.6) is 0 Å². The molecule has 2 rings (SSSR count). The lowest BCUT2D eigenvalue weighted by Gasteiger charge is -2.32. The Labute approximate surface area is 89.5 Å². The third kappa shape index (κ3) is 2.21. The molecule has 2 fully saturated rings. The normalized spacial score (nSPS) is 32.0. The van der Waals surface area contributed by atoms with Gasteiger partial charge in [-0.3, -0.25) is 4.90 Å². The number of carboxylic acid groups (broad SMARTS) is 1. The van der Waals surface area contributed by atoms with Crippen molar-refractivity contribution in [3.8, 4) is 0 Å². The Morgan fingerprint density at radius 1 is 1.53 bits per heavy atom. The van der Waals surface area contributed by atoms with Gasteiger partial charge in [0.2, 0.25) is 0 Å². The van der Waals surface area contributed by atoms with Gasteiger partial charge in [0, 0.05) is 24.8 Å². The molecule has 2 aliphatic rings. The molecule has 0 aromatic heterocycles. The van der Waals surface area contributed by atoms with E-state index in [0.717, 1.165) is 32.7 Å². The van der Waals surface area contributed by atoms with Crippen molar-refractivity contribution in [1.82, 2.24) is 4.90 Å². The largest absolute Gasteiger partial charge is 0.478 e. The molecule has 0 amide bonds. The van der Waals surface area contributed by atoms with Crippen molar-refractivity contribution in [3.05, 3.63) is 12.2 Å². The van der Waals surface area contributed by atoms with Gasteiger partial charge in [0.05, 0.1) is 6.61 Å². The maximum Gasteiger partial charge on any atom is 0.328 e. The lowest BCUT2D eigenvalue weighted by molar-refractivity contribution is -0.131. The zero-order chi connectivity index (χ0) is 10.7. The first kappa shape index (κ1) is 10.6. The molecular weight excluding hydrogens is 194 g/mol. The highest BCUT2D eigenvalue weighted by Gasteiger charge is 2.43. The molecule has 0 saturated carbocycles. The zero-order valence-corrected chi connectivity index (χ0v) is 8.82. The van der Waals surface area contributed by atoms with Gasteiger partial charge < -0.3 is 9.84 Å². The molecule has 15 heavy (non-hydrogen) atoms. The van der Waals surface area contributed by atoms with Crippen LogP contribution in [0.25, 0.3) is 0 Å². The van der Waals surface area contributed by atoms with Crippen molar-refractivity contribution >= 4 is 5.97 Å². The van der Waals surface area contributed by atoms with Crippen LogP contribution in [-0.2, 0) is 9.53 Å². The van der Waals surface area contributed by atoms with Crippen LogP contribution in [-0.4, -0.2) is 47.8 Å². The van der Waals surface area contributed by atoms with Crippen LogP contribution in [0, 0.1) is 0 Å². The monoisotopic (exact) mass is 211 g/mol. The Hall–Kier alpha value is -0.870. The van der Waals surface area contributed by atoms with Gasteiger partial charge in [-0.05, 0) is 25.8 Å². The van der Waals surface area contributed by atoms with Crippen molar-refractivity contribution in [2.75, 3.05) is 26.3 Å². The number of carboxylic acids is 1. The van der Waals surface area contributed by atoms with Crippen LogP contribution in [0.3, 0.4) is 0 Å². The summed E-state index contributed by atoms with van der Waals surface area (Å²) in [6.07, 6.45) is 6.43. The van der Waals surface area contributed by atoms with Gasteiger partial charge in [0.1, 0.15) is 0 Å². The van der Waals surface area contributed by atoms with Crippen LogP contribution >= 0.6 is 0 Å². The van der Waals surface area contributed by atoms with E-state index in [9.17, 15) is 4.79 Å². The van der Waals surface area contributed by atoms with Crippen molar-refractivity contribution in [3.63, 3.8) is 0 Å². The van der Waals surface area contributed by atoms with Crippen LogP contribution in [0.1, 0.15) is 19.3 Å². The summed E-state index contributed by atoms with van der Waals surface area (Å²) in [6.45, 7) is 3.45. The van der Waals surface area contributed by atoms with E-state index in [0.29, 0.717) is 0 Å². The van der Waals surface area contributed by atoms with Crippen LogP contribution in [0.2, 0.25) is 0 Å². The molecule has 1 atom stereocenters. The second kappa shape index (κ2) is 4.33. The van der Waals surface area contributed by atoms with Gasteiger partial charge in [-0.2, -0.15) is 0 Å². The predicted molar refractivity (Wildman–Crippen MR) is 55.7 cm³/mol. The van der Waals surface area contributed by atoms with E-state index >= 15 is 0 Å². The molecule has 4 heteroatoms. The average Bonchev–Trinajstić information content (AvgIpc) is 2.79. The number of ether oxygens (including phenoxy) is 1. The Kier molecular flexibility index (Phi) is 3.07. The fourth-order valence-electron chi connectivity index (χ4n) is 2.60. The first-order valence-electron chi connectivity index (χ1n) is 5.45. The molecule has 2 heterocycles. The second-order valence-electron chi connectivity index (χ2n) is 4.32. The van der Waals surface area contributed by atoms with Gasteiger partial charge in [-0.15, -0.1) is 0 Å². The molecule has 84 valence electrons. The van der Waals surface area contributed by atoms with Crippen molar-refractivity contribution in [1.29, 1.82) is 0 Å². The van der Waals surface area contributed by atoms with E-state index in [1.54, 1.807) is 6.08 Å². The molecule has 0 aliphatic carbocycles. The fraction of sp³-hybridized carbons (Fsp3) is 0.727. The van der Waals surface area contributed by atoms with Gasteiger partial charge in [0.25, 0.3) is 0 Å². The summed E-state index contributed by atoms with van der Waals surface area (Å²) in [4.78, 5) is 12.7. The Morgan fingerprint density at radius 3 is 3.07 bits per heavy atom. The quantitative estimate of drug-likeness (QED) is 0.704. The predicted octanol–water partition coefficient (Wildman–Crippen LogP) is 0.882. The topological polar surface area (TPSA) is 49.8 Å². The Balaban J connectivity index is 1.93. The molecule has 0 aromatic carbocycles. The smallest absolute Gasteiger partial charge is 0.328 e. The summed E-state index contributed by atoms with van der Waals surface area (Å²) in [5.41, 5.74) is 0.211. The highest BCUT2D eigenvalue weighted by Crippen LogP contribution is 2.36. The van der Waals surface area contributed by atoms with Crippen LogP contribution < -0.4 is 0 Å². The molecule has 1 spiro atoms. The number of nitrogens with zero attached hydrogens (tertiary/aromatic N) is 1. The number of rotatable bonds is 3. The van der Waals surface area contributed by atoms with E-state index < -0.39 is 5.97 Å².